The summed E-state index contributed by atoms with van der Waals surface area (Å²) in [6, 6.07) is 8.33. The van der Waals surface area contributed by atoms with Crippen molar-refractivity contribution in [1.29, 1.82) is 0 Å². The van der Waals surface area contributed by atoms with Crippen molar-refractivity contribution in [2.45, 2.75) is 13.8 Å². The Kier molecular flexibility index (Phi) is 2.87. The first-order chi connectivity index (χ1) is 5.74. The second-order valence-corrected chi connectivity index (χ2v) is 2.95. The molecule has 1 aromatic rings. The van der Waals surface area contributed by atoms with Gasteiger partial charge in [0.15, 0.2) is 0 Å². The van der Waals surface area contributed by atoms with E-state index in [0.29, 0.717) is 0 Å². The molecule has 12 heavy (non-hydrogen) atoms. The van der Waals surface area contributed by atoms with Crippen molar-refractivity contribution in [3.8, 4) is 0 Å². The lowest BCUT2D eigenvalue weighted by atomic mass is 10.1. The highest BCUT2D eigenvalue weighted by atomic mass is 14.0. The van der Waals surface area contributed by atoms with E-state index in [9.17, 15) is 0 Å². The molecule has 0 radical (unpaired) electrons. The number of benzene rings is 1. The molecule has 0 atom stereocenters. The molecule has 0 N–H and O–H groups in total. The molecular weight excluding hydrogens is 144 g/mol. The minimum Gasteiger partial charge on any atom is -0.0988 e. The summed E-state index contributed by atoms with van der Waals surface area (Å²) in [6.45, 7) is 7.89. The Labute approximate surface area is 74.2 Å². The number of hydrogen-bond acceptors (Lipinski definition) is 0. The Morgan fingerprint density at radius 2 is 2.00 bits per heavy atom. The number of rotatable bonds is 2. The second kappa shape index (κ2) is 3.91. The number of hydrogen-bond donors (Lipinski definition) is 0. The van der Waals surface area contributed by atoms with Crippen molar-refractivity contribution in [3.05, 3.63) is 53.6 Å². The zero-order valence-electron chi connectivity index (χ0n) is 7.67. The number of allylic oxidation sites excluding steroid dienone is 2. The lowest BCUT2D eigenvalue weighted by molar-refractivity contribution is 1.43. The summed E-state index contributed by atoms with van der Waals surface area (Å²) in [6.07, 6.45) is 4.01. The first-order valence-electron chi connectivity index (χ1n) is 4.10. The van der Waals surface area contributed by atoms with Gasteiger partial charge in [0, 0.05) is 0 Å². The van der Waals surface area contributed by atoms with Gasteiger partial charge in [-0.25, -0.2) is 0 Å². The van der Waals surface area contributed by atoms with Crippen LogP contribution in [0.3, 0.4) is 0 Å². The molecule has 0 aliphatic carbocycles. The molecule has 0 fully saturated rings. The molecule has 0 nitrogen and oxygen atoms in total. The normalized spacial score (nSPS) is 11.3. The van der Waals surface area contributed by atoms with E-state index in [1.165, 1.54) is 16.7 Å². The minimum atomic E-state index is 1.20. The van der Waals surface area contributed by atoms with Gasteiger partial charge in [0.2, 0.25) is 0 Å². The maximum atomic E-state index is 3.72. The predicted octanol–water partition coefficient (Wildman–Crippen LogP) is 3.58. The first kappa shape index (κ1) is 8.79. The van der Waals surface area contributed by atoms with Crippen molar-refractivity contribution in [3.63, 3.8) is 0 Å². The van der Waals surface area contributed by atoms with E-state index in [-0.39, 0.29) is 0 Å². The van der Waals surface area contributed by atoms with Crippen LogP contribution < -0.4 is 0 Å². The highest BCUT2D eigenvalue weighted by molar-refractivity contribution is 5.57. The quantitative estimate of drug-likeness (QED) is 0.577. The van der Waals surface area contributed by atoms with Gasteiger partial charge in [0.25, 0.3) is 0 Å². The van der Waals surface area contributed by atoms with E-state index < -0.39 is 0 Å². The van der Waals surface area contributed by atoms with Gasteiger partial charge in [-0.3, -0.25) is 0 Å². The third-order valence-electron chi connectivity index (χ3n) is 1.89. The van der Waals surface area contributed by atoms with Crippen molar-refractivity contribution in [2.24, 2.45) is 0 Å². The minimum absolute atomic E-state index is 1.20. The van der Waals surface area contributed by atoms with Gasteiger partial charge in [-0.2, -0.15) is 0 Å². The smallest absolute Gasteiger partial charge is 0.0225 e. The Hall–Kier alpha value is -1.30. The molecule has 0 aliphatic rings. The van der Waals surface area contributed by atoms with Crippen molar-refractivity contribution in [1.82, 2.24) is 0 Å². The summed E-state index contributed by atoms with van der Waals surface area (Å²) in [7, 11) is 0. The Balaban J connectivity index is 3.04. The highest BCUT2D eigenvalue weighted by Crippen LogP contribution is 2.11. The average Bonchev–Trinajstić information content (AvgIpc) is 2.09. The van der Waals surface area contributed by atoms with Crippen LogP contribution in [0.25, 0.3) is 6.08 Å². The summed E-state index contributed by atoms with van der Waals surface area (Å²) in [5.41, 5.74) is 3.78. The van der Waals surface area contributed by atoms with Gasteiger partial charge < -0.3 is 0 Å². The molecule has 0 heteroatoms. The largest absolute Gasteiger partial charge is 0.0988 e. The molecule has 0 unspecified atom stereocenters. The molecule has 0 aromatic heterocycles. The number of aryl methyl sites for hydroxylation is 1. The van der Waals surface area contributed by atoms with Crippen LogP contribution in [0.15, 0.2) is 42.5 Å². The zero-order chi connectivity index (χ0) is 8.97. The van der Waals surface area contributed by atoms with E-state index >= 15 is 0 Å². The van der Waals surface area contributed by atoms with Crippen LogP contribution in [0.2, 0.25) is 0 Å². The van der Waals surface area contributed by atoms with Crippen LogP contribution in [0.5, 0.6) is 0 Å². The van der Waals surface area contributed by atoms with Gasteiger partial charge in [0.1, 0.15) is 0 Å². The van der Waals surface area contributed by atoms with Crippen LogP contribution >= 0.6 is 0 Å². The van der Waals surface area contributed by atoms with Crippen molar-refractivity contribution in [2.75, 3.05) is 0 Å². The molecule has 0 aliphatic heterocycles. The van der Waals surface area contributed by atoms with E-state index in [0.717, 1.165) is 0 Å². The molecule has 0 saturated carbocycles. The molecule has 1 aromatic carbocycles. The van der Waals surface area contributed by atoms with E-state index in [1.807, 2.05) is 6.08 Å². The van der Waals surface area contributed by atoms with E-state index in [4.69, 9.17) is 0 Å². The Morgan fingerprint density at radius 1 is 1.33 bits per heavy atom. The topological polar surface area (TPSA) is 0 Å². The maximum Gasteiger partial charge on any atom is -0.0225 e. The summed E-state index contributed by atoms with van der Waals surface area (Å²) in [5.74, 6) is 0. The van der Waals surface area contributed by atoms with Crippen LogP contribution in [-0.2, 0) is 0 Å². The highest BCUT2D eigenvalue weighted by Gasteiger charge is 1.91. The summed E-state index contributed by atoms with van der Waals surface area (Å²) in [4.78, 5) is 0. The zero-order valence-corrected chi connectivity index (χ0v) is 7.67. The molecule has 62 valence electrons. The van der Waals surface area contributed by atoms with Gasteiger partial charge in [-0.1, -0.05) is 48.6 Å². The maximum absolute atomic E-state index is 3.72. The molecule has 0 heterocycles. The fourth-order valence-corrected chi connectivity index (χ4v) is 1.05. The van der Waals surface area contributed by atoms with E-state index in [2.05, 4.69) is 50.8 Å². The fourth-order valence-electron chi connectivity index (χ4n) is 1.05. The van der Waals surface area contributed by atoms with Crippen molar-refractivity contribution >= 4 is 6.08 Å². The molecule has 0 saturated heterocycles. The monoisotopic (exact) mass is 158 g/mol. The lowest BCUT2D eigenvalue weighted by Gasteiger charge is -1.99. The van der Waals surface area contributed by atoms with Gasteiger partial charge in [-0.15, -0.1) is 0 Å². The molecule has 1 rings (SSSR count). The molecule has 0 spiro atoms. The van der Waals surface area contributed by atoms with Crippen molar-refractivity contribution < 1.29 is 0 Å². The van der Waals surface area contributed by atoms with Crippen LogP contribution in [-0.4, -0.2) is 0 Å². The van der Waals surface area contributed by atoms with Crippen LogP contribution in [0.1, 0.15) is 18.1 Å². The summed E-state index contributed by atoms with van der Waals surface area (Å²) >= 11 is 0. The standard InChI is InChI=1S/C12H14/c1-4-10(2)9-12-8-6-5-7-11(12)3/h4-9H,1H2,2-3H3/b10-9-. The molecular formula is C12H14. The molecule has 0 bridgehead atoms. The third kappa shape index (κ3) is 2.09. The van der Waals surface area contributed by atoms with Crippen LogP contribution in [0.4, 0.5) is 0 Å². The Morgan fingerprint density at radius 3 is 2.58 bits per heavy atom. The lowest BCUT2D eigenvalue weighted by Crippen LogP contribution is -1.79. The SMILES string of the molecule is C=C/C(C)=C\c1ccccc1C. The summed E-state index contributed by atoms with van der Waals surface area (Å²) in [5, 5.41) is 0. The third-order valence-corrected chi connectivity index (χ3v) is 1.89. The first-order valence-corrected chi connectivity index (χ1v) is 4.10. The average molecular weight is 158 g/mol. The van der Waals surface area contributed by atoms with Crippen LogP contribution in [0, 0.1) is 6.92 Å². The summed E-state index contributed by atoms with van der Waals surface area (Å²) < 4.78 is 0. The van der Waals surface area contributed by atoms with Gasteiger partial charge >= 0.3 is 0 Å². The van der Waals surface area contributed by atoms with E-state index in [1.54, 1.807) is 0 Å². The van der Waals surface area contributed by atoms with Gasteiger partial charge in [0.05, 0.1) is 0 Å². The van der Waals surface area contributed by atoms with Gasteiger partial charge in [-0.05, 0) is 25.0 Å². The second-order valence-electron chi connectivity index (χ2n) is 2.95. The Bertz CT molecular complexity index is 306. The fraction of sp³-hybridized carbons (Fsp3) is 0.167. The molecule has 0 amide bonds. The predicted molar refractivity (Wildman–Crippen MR) is 55.0 cm³/mol.